The molecule has 2 heterocycles. The van der Waals surface area contributed by atoms with Gasteiger partial charge in [0.15, 0.2) is 0 Å². The number of ether oxygens (including phenoxy) is 1. The zero-order valence-corrected chi connectivity index (χ0v) is 17.7. The van der Waals surface area contributed by atoms with Crippen molar-refractivity contribution in [2.75, 3.05) is 22.6 Å². The number of amides is 2. The summed E-state index contributed by atoms with van der Waals surface area (Å²) in [6.45, 7) is 0.827. The fourth-order valence-electron chi connectivity index (χ4n) is 3.40. The Morgan fingerprint density at radius 2 is 1.97 bits per heavy atom. The standard InChI is InChI=1S/C23H23FN6O3/c24-15-5-1-4-14(10-15)12-26-21-18(20(25)31)13-27-23(30-21)29-17-7-2-6-16(11-17)28-22(32)19-8-3-9-33-19/h1-2,4-7,10-11,13,19H,3,8-9,12H2,(H2,25,31)(H,28,32)(H2,26,27,29,30). The Morgan fingerprint density at radius 1 is 1.15 bits per heavy atom. The molecule has 1 aromatic heterocycles. The van der Waals surface area contributed by atoms with Crippen LogP contribution in [0.2, 0.25) is 0 Å². The second-order valence-corrected chi connectivity index (χ2v) is 7.50. The first-order valence-electron chi connectivity index (χ1n) is 10.4. The smallest absolute Gasteiger partial charge is 0.254 e. The van der Waals surface area contributed by atoms with Crippen LogP contribution < -0.4 is 21.7 Å². The molecule has 10 heteroatoms. The lowest BCUT2D eigenvalue weighted by atomic mass is 10.2. The molecule has 2 amide bonds. The number of benzene rings is 2. The van der Waals surface area contributed by atoms with Gasteiger partial charge in [-0.2, -0.15) is 4.98 Å². The van der Waals surface area contributed by atoms with Gasteiger partial charge in [-0.05, 0) is 48.7 Å². The van der Waals surface area contributed by atoms with Gasteiger partial charge in [-0.15, -0.1) is 0 Å². The van der Waals surface area contributed by atoms with E-state index in [0.717, 1.165) is 6.42 Å². The maximum atomic E-state index is 13.4. The lowest BCUT2D eigenvalue weighted by Crippen LogP contribution is -2.26. The molecule has 9 nitrogen and oxygen atoms in total. The maximum absolute atomic E-state index is 13.4. The predicted molar refractivity (Wildman–Crippen MR) is 122 cm³/mol. The van der Waals surface area contributed by atoms with Crippen molar-refractivity contribution in [1.29, 1.82) is 0 Å². The van der Waals surface area contributed by atoms with E-state index in [4.69, 9.17) is 10.5 Å². The fraction of sp³-hybridized carbons (Fsp3) is 0.217. The van der Waals surface area contributed by atoms with Crippen molar-refractivity contribution in [2.45, 2.75) is 25.5 Å². The van der Waals surface area contributed by atoms with Gasteiger partial charge in [0.2, 0.25) is 5.95 Å². The van der Waals surface area contributed by atoms with Crippen LogP contribution in [0.25, 0.3) is 0 Å². The number of halogens is 1. The molecule has 33 heavy (non-hydrogen) atoms. The van der Waals surface area contributed by atoms with Gasteiger partial charge in [-0.25, -0.2) is 9.37 Å². The Kier molecular flexibility index (Phi) is 6.75. The third kappa shape index (κ3) is 5.80. The number of anilines is 4. The first-order valence-corrected chi connectivity index (χ1v) is 10.4. The molecule has 0 spiro atoms. The average Bonchev–Trinajstić information content (AvgIpc) is 3.33. The first kappa shape index (κ1) is 22.2. The molecule has 1 unspecified atom stereocenters. The zero-order valence-electron chi connectivity index (χ0n) is 17.7. The van der Waals surface area contributed by atoms with Crippen LogP contribution in [0.1, 0.15) is 28.8 Å². The molecule has 170 valence electrons. The van der Waals surface area contributed by atoms with Crippen LogP contribution in [0, 0.1) is 5.82 Å². The summed E-state index contributed by atoms with van der Waals surface area (Å²) in [5.41, 5.74) is 7.44. The van der Waals surface area contributed by atoms with E-state index >= 15 is 0 Å². The van der Waals surface area contributed by atoms with Crippen LogP contribution in [-0.4, -0.2) is 34.5 Å². The monoisotopic (exact) mass is 450 g/mol. The molecule has 1 aliphatic rings. The third-order valence-corrected chi connectivity index (χ3v) is 5.01. The van der Waals surface area contributed by atoms with E-state index in [2.05, 4.69) is 25.9 Å². The van der Waals surface area contributed by atoms with Crippen LogP contribution in [0.15, 0.2) is 54.7 Å². The molecular weight excluding hydrogens is 427 g/mol. The molecule has 0 radical (unpaired) electrons. The van der Waals surface area contributed by atoms with Crippen molar-refractivity contribution in [2.24, 2.45) is 5.73 Å². The number of carbonyl (C=O) groups is 2. The quantitative estimate of drug-likeness (QED) is 0.414. The second kappa shape index (κ2) is 10.0. The number of primary amides is 1. The fourth-order valence-corrected chi connectivity index (χ4v) is 3.40. The van der Waals surface area contributed by atoms with E-state index in [1.165, 1.54) is 18.3 Å². The van der Waals surface area contributed by atoms with Crippen LogP contribution in [0.4, 0.5) is 27.5 Å². The van der Waals surface area contributed by atoms with Crippen molar-refractivity contribution in [3.8, 4) is 0 Å². The van der Waals surface area contributed by atoms with Gasteiger partial charge in [0.25, 0.3) is 11.8 Å². The van der Waals surface area contributed by atoms with Crippen molar-refractivity contribution >= 4 is 35.0 Å². The van der Waals surface area contributed by atoms with E-state index in [9.17, 15) is 14.0 Å². The Balaban J connectivity index is 1.48. The number of rotatable bonds is 8. The van der Waals surface area contributed by atoms with E-state index in [0.29, 0.717) is 30.0 Å². The molecular formula is C23H23FN6O3. The Bertz CT molecular complexity index is 1170. The molecule has 1 fully saturated rings. The molecule has 5 N–H and O–H groups in total. The van der Waals surface area contributed by atoms with Gasteiger partial charge in [0.05, 0.1) is 5.56 Å². The normalized spacial score (nSPS) is 15.1. The molecule has 0 saturated carbocycles. The molecule has 1 saturated heterocycles. The SMILES string of the molecule is NC(=O)c1cnc(Nc2cccc(NC(=O)C3CCCO3)c2)nc1NCc1cccc(F)c1. The minimum absolute atomic E-state index is 0.106. The van der Waals surface area contributed by atoms with Crippen LogP contribution in [0.3, 0.4) is 0 Å². The number of nitrogens with one attached hydrogen (secondary N) is 3. The highest BCUT2D eigenvalue weighted by Crippen LogP contribution is 2.22. The maximum Gasteiger partial charge on any atom is 0.254 e. The number of nitrogens with zero attached hydrogens (tertiary/aromatic N) is 2. The Hall–Kier alpha value is -4.05. The van der Waals surface area contributed by atoms with Crippen molar-refractivity contribution < 1.29 is 18.7 Å². The van der Waals surface area contributed by atoms with Crippen molar-refractivity contribution in [1.82, 2.24) is 9.97 Å². The van der Waals surface area contributed by atoms with Gasteiger partial charge in [0, 0.05) is 30.7 Å². The largest absolute Gasteiger partial charge is 0.368 e. The highest BCUT2D eigenvalue weighted by molar-refractivity contribution is 5.97. The van der Waals surface area contributed by atoms with Crippen LogP contribution in [-0.2, 0) is 16.1 Å². The summed E-state index contributed by atoms with van der Waals surface area (Å²) >= 11 is 0. The zero-order chi connectivity index (χ0) is 23.2. The predicted octanol–water partition coefficient (Wildman–Crippen LogP) is 3.19. The molecule has 0 bridgehead atoms. The van der Waals surface area contributed by atoms with Gasteiger partial charge >= 0.3 is 0 Å². The molecule has 0 aliphatic carbocycles. The van der Waals surface area contributed by atoms with Crippen LogP contribution in [0.5, 0.6) is 0 Å². The molecule has 2 aromatic carbocycles. The second-order valence-electron chi connectivity index (χ2n) is 7.50. The summed E-state index contributed by atoms with van der Waals surface area (Å²) < 4.78 is 18.8. The summed E-state index contributed by atoms with van der Waals surface area (Å²) in [5.74, 6) is -0.810. The third-order valence-electron chi connectivity index (χ3n) is 5.01. The van der Waals surface area contributed by atoms with Gasteiger partial charge in [-0.1, -0.05) is 18.2 Å². The highest BCUT2D eigenvalue weighted by atomic mass is 19.1. The van der Waals surface area contributed by atoms with Gasteiger partial charge in [0.1, 0.15) is 17.7 Å². The number of hydrogen-bond acceptors (Lipinski definition) is 7. The van der Waals surface area contributed by atoms with Gasteiger partial charge in [-0.3, -0.25) is 9.59 Å². The minimum Gasteiger partial charge on any atom is -0.368 e. The Morgan fingerprint density at radius 3 is 2.73 bits per heavy atom. The summed E-state index contributed by atoms with van der Waals surface area (Å²) in [6, 6.07) is 13.1. The number of aromatic nitrogens is 2. The van der Waals surface area contributed by atoms with Crippen LogP contribution >= 0.6 is 0 Å². The highest BCUT2D eigenvalue weighted by Gasteiger charge is 2.23. The van der Waals surface area contributed by atoms with Gasteiger partial charge < -0.3 is 26.4 Å². The number of carbonyl (C=O) groups excluding carboxylic acids is 2. The minimum atomic E-state index is -0.692. The topological polar surface area (TPSA) is 131 Å². The molecule has 1 atom stereocenters. The lowest BCUT2D eigenvalue weighted by Gasteiger charge is -2.13. The summed E-state index contributed by atoms with van der Waals surface area (Å²) in [4.78, 5) is 32.6. The molecule has 1 aliphatic heterocycles. The van der Waals surface area contributed by atoms with Crippen molar-refractivity contribution in [3.63, 3.8) is 0 Å². The summed E-state index contributed by atoms with van der Waals surface area (Å²) in [7, 11) is 0. The Labute approximate surface area is 189 Å². The number of nitrogens with two attached hydrogens (primary N) is 1. The van der Waals surface area contributed by atoms with E-state index < -0.39 is 12.0 Å². The summed E-state index contributed by atoms with van der Waals surface area (Å²) in [6.07, 6.45) is 2.45. The first-order chi connectivity index (χ1) is 16.0. The lowest BCUT2D eigenvalue weighted by molar-refractivity contribution is -0.124. The van der Waals surface area contributed by atoms with E-state index in [-0.39, 0.29) is 35.6 Å². The number of hydrogen-bond donors (Lipinski definition) is 4. The average molecular weight is 450 g/mol. The van der Waals surface area contributed by atoms with E-state index in [1.807, 2.05) is 0 Å². The van der Waals surface area contributed by atoms with E-state index in [1.54, 1.807) is 36.4 Å². The molecule has 3 aromatic rings. The molecule has 4 rings (SSSR count). The summed E-state index contributed by atoms with van der Waals surface area (Å²) in [5, 5.41) is 8.89. The van der Waals surface area contributed by atoms with Crippen molar-refractivity contribution in [3.05, 3.63) is 71.7 Å².